The van der Waals surface area contributed by atoms with Gasteiger partial charge in [0.05, 0.1) is 0 Å². The second kappa shape index (κ2) is 8.64. The van der Waals surface area contributed by atoms with Gasteiger partial charge in [0.15, 0.2) is 0 Å². The van der Waals surface area contributed by atoms with Crippen molar-refractivity contribution in [1.82, 2.24) is 0 Å². The predicted octanol–water partition coefficient (Wildman–Crippen LogP) is 12.1. The van der Waals surface area contributed by atoms with Gasteiger partial charge in [-0.15, -0.1) is 0 Å². The summed E-state index contributed by atoms with van der Waals surface area (Å²) in [5, 5.41) is 15.4. The van der Waals surface area contributed by atoms with Gasteiger partial charge in [-0.05, 0) is 103 Å². The maximum atomic E-state index is 3.94. The van der Waals surface area contributed by atoms with Crippen molar-refractivity contribution in [3.63, 3.8) is 0 Å². The summed E-state index contributed by atoms with van der Waals surface area (Å²) < 4.78 is 1.16. The van der Waals surface area contributed by atoms with E-state index >= 15 is 0 Å². The predicted molar refractivity (Wildman–Crippen MR) is 181 cm³/mol. The van der Waals surface area contributed by atoms with Crippen LogP contribution in [-0.2, 0) is 0 Å². The minimum absolute atomic E-state index is 1.16. The van der Waals surface area contributed by atoms with Gasteiger partial charge < -0.3 is 0 Å². The van der Waals surface area contributed by atoms with Crippen molar-refractivity contribution in [3.05, 3.63) is 144 Å². The van der Waals surface area contributed by atoms with Gasteiger partial charge in [-0.2, -0.15) is 0 Å². The topological polar surface area (TPSA) is 0 Å². The van der Waals surface area contributed by atoms with Gasteiger partial charge in [-0.3, -0.25) is 0 Å². The van der Waals surface area contributed by atoms with E-state index in [2.05, 4.69) is 155 Å². The minimum atomic E-state index is 1.16. The summed E-state index contributed by atoms with van der Waals surface area (Å²) >= 11 is 3.94. The minimum Gasteiger partial charge on any atom is -0.0616 e. The third-order valence-corrected chi connectivity index (χ3v) is 9.73. The molecule has 0 aliphatic heterocycles. The van der Waals surface area contributed by atoms with Crippen molar-refractivity contribution in [3.8, 4) is 22.3 Å². The molecule has 0 fully saturated rings. The Morgan fingerprint density at radius 3 is 1.41 bits per heavy atom. The van der Waals surface area contributed by atoms with E-state index < -0.39 is 0 Å². The molecule has 0 aliphatic rings. The number of benzene rings is 9. The molecule has 41 heavy (non-hydrogen) atoms. The largest absolute Gasteiger partial charge is 0.0616 e. The number of hydrogen-bond acceptors (Lipinski definition) is 0. The van der Waals surface area contributed by atoms with Gasteiger partial charge in [0.1, 0.15) is 0 Å². The summed E-state index contributed by atoms with van der Waals surface area (Å²) in [6.45, 7) is 0. The normalized spacial score (nSPS) is 12.0. The molecule has 0 spiro atoms. The fourth-order valence-corrected chi connectivity index (χ4v) is 7.77. The Hall–Kier alpha value is -4.72. The van der Waals surface area contributed by atoms with Crippen molar-refractivity contribution >= 4 is 80.6 Å². The quantitative estimate of drug-likeness (QED) is 0.140. The molecule has 0 radical (unpaired) electrons. The standard InChI is InChI=1S/C40H23Br/c41-40-35-13-5-3-11-30(35)39(31-12-4-6-14-36(31)40)34-23-19-26-17-21-32-29(20-16-25-18-22-33(34)38(26)37(25)32)28-15-7-9-24-8-1-2-10-27(24)28/h1-23H. The summed E-state index contributed by atoms with van der Waals surface area (Å²) in [6.07, 6.45) is 0. The Bertz CT molecular complexity index is 2420. The van der Waals surface area contributed by atoms with Crippen LogP contribution < -0.4 is 0 Å². The lowest BCUT2D eigenvalue weighted by molar-refractivity contribution is 1.69. The number of hydrogen-bond donors (Lipinski definition) is 0. The second-order valence-corrected chi connectivity index (χ2v) is 11.7. The molecule has 0 atom stereocenters. The number of rotatable bonds is 2. The fraction of sp³-hybridized carbons (Fsp3) is 0. The van der Waals surface area contributed by atoms with Gasteiger partial charge in [-0.1, -0.05) is 140 Å². The molecule has 0 aliphatic carbocycles. The van der Waals surface area contributed by atoms with E-state index in [4.69, 9.17) is 0 Å². The lowest BCUT2D eigenvalue weighted by Crippen LogP contribution is -1.92. The van der Waals surface area contributed by atoms with Crippen LogP contribution in [0.4, 0.5) is 0 Å². The van der Waals surface area contributed by atoms with Crippen LogP contribution in [0.3, 0.4) is 0 Å². The highest BCUT2D eigenvalue weighted by molar-refractivity contribution is 9.10. The Morgan fingerprint density at radius 2 is 0.756 bits per heavy atom. The Morgan fingerprint density at radius 1 is 0.293 bits per heavy atom. The molecule has 0 saturated carbocycles. The van der Waals surface area contributed by atoms with Gasteiger partial charge in [-0.25, -0.2) is 0 Å². The molecule has 0 saturated heterocycles. The van der Waals surface area contributed by atoms with Crippen LogP contribution in [0.15, 0.2) is 144 Å². The van der Waals surface area contributed by atoms with E-state index in [1.165, 1.54) is 86.9 Å². The summed E-state index contributed by atoms with van der Waals surface area (Å²) in [4.78, 5) is 0. The van der Waals surface area contributed by atoms with Gasteiger partial charge >= 0.3 is 0 Å². The van der Waals surface area contributed by atoms with Crippen molar-refractivity contribution in [2.24, 2.45) is 0 Å². The molecular weight excluding hydrogens is 560 g/mol. The highest BCUT2D eigenvalue weighted by Gasteiger charge is 2.19. The molecule has 0 aromatic heterocycles. The zero-order chi connectivity index (χ0) is 27.1. The maximum absolute atomic E-state index is 3.94. The van der Waals surface area contributed by atoms with Crippen LogP contribution in [0.2, 0.25) is 0 Å². The van der Waals surface area contributed by atoms with Crippen LogP contribution in [0.1, 0.15) is 0 Å². The Kier molecular flexibility index (Phi) is 4.85. The van der Waals surface area contributed by atoms with E-state index in [1.807, 2.05) is 0 Å². The summed E-state index contributed by atoms with van der Waals surface area (Å²) in [5.41, 5.74) is 5.15. The van der Waals surface area contributed by atoms with Crippen LogP contribution in [-0.4, -0.2) is 0 Å². The Labute approximate surface area is 245 Å². The zero-order valence-corrected chi connectivity index (χ0v) is 23.7. The lowest BCUT2D eigenvalue weighted by atomic mass is 9.84. The zero-order valence-electron chi connectivity index (χ0n) is 22.2. The molecule has 1 heteroatoms. The highest BCUT2D eigenvalue weighted by Crippen LogP contribution is 2.47. The van der Waals surface area contributed by atoms with E-state index in [9.17, 15) is 0 Å². The van der Waals surface area contributed by atoms with Gasteiger partial charge in [0.2, 0.25) is 0 Å². The second-order valence-electron chi connectivity index (χ2n) is 11.0. The number of halogens is 1. The summed E-state index contributed by atoms with van der Waals surface area (Å²) in [7, 11) is 0. The van der Waals surface area contributed by atoms with Crippen molar-refractivity contribution in [2.75, 3.05) is 0 Å². The van der Waals surface area contributed by atoms with E-state index in [-0.39, 0.29) is 0 Å². The first kappa shape index (κ1) is 23.0. The summed E-state index contributed by atoms with van der Waals surface area (Å²) in [5.74, 6) is 0. The summed E-state index contributed by atoms with van der Waals surface area (Å²) in [6, 6.07) is 51.4. The molecule has 9 aromatic carbocycles. The van der Waals surface area contributed by atoms with Gasteiger partial charge in [0.25, 0.3) is 0 Å². The molecule has 9 rings (SSSR count). The van der Waals surface area contributed by atoms with Crippen LogP contribution in [0.25, 0.3) is 86.9 Å². The Balaban J connectivity index is 1.43. The first-order valence-corrected chi connectivity index (χ1v) is 14.9. The molecule has 0 N–H and O–H groups in total. The van der Waals surface area contributed by atoms with Crippen molar-refractivity contribution in [1.29, 1.82) is 0 Å². The molecular formula is C40H23Br. The maximum Gasteiger partial charge on any atom is 0.0332 e. The molecule has 0 unspecified atom stereocenters. The highest BCUT2D eigenvalue weighted by atomic mass is 79.9. The van der Waals surface area contributed by atoms with E-state index in [1.54, 1.807) is 0 Å². The van der Waals surface area contributed by atoms with Crippen LogP contribution in [0.5, 0.6) is 0 Å². The smallest absolute Gasteiger partial charge is 0.0332 e. The van der Waals surface area contributed by atoms with E-state index in [0.29, 0.717) is 0 Å². The number of fused-ring (bicyclic) bond motifs is 3. The molecule has 0 bridgehead atoms. The monoisotopic (exact) mass is 582 g/mol. The molecule has 0 amide bonds. The first-order chi connectivity index (χ1) is 20.3. The molecule has 9 aromatic rings. The third-order valence-electron chi connectivity index (χ3n) is 8.88. The first-order valence-electron chi connectivity index (χ1n) is 14.1. The molecule has 190 valence electrons. The van der Waals surface area contributed by atoms with Gasteiger partial charge in [0, 0.05) is 4.47 Å². The lowest BCUT2D eigenvalue weighted by Gasteiger charge is -2.19. The van der Waals surface area contributed by atoms with Crippen LogP contribution >= 0.6 is 15.9 Å². The van der Waals surface area contributed by atoms with E-state index in [0.717, 1.165) is 4.47 Å². The third kappa shape index (κ3) is 3.21. The van der Waals surface area contributed by atoms with Crippen molar-refractivity contribution in [2.45, 2.75) is 0 Å². The van der Waals surface area contributed by atoms with Crippen LogP contribution in [0, 0.1) is 0 Å². The molecule has 0 heterocycles. The SMILES string of the molecule is Brc1c2ccccc2c(-c2ccc3ccc4c(-c5cccc6ccccc56)ccc5ccc2c3c54)c2ccccc12. The average Bonchev–Trinajstić information content (AvgIpc) is 3.04. The molecule has 0 nitrogen and oxygen atoms in total. The average molecular weight is 584 g/mol. The van der Waals surface area contributed by atoms with Crippen molar-refractivity contribution < 1.29 is 0 Å². The fourth-order valence-electron chi connectivity index (χ4n) is 7.08.